The zero-order valence-electron chi connectivity index (χ0n) is 9.76. The highest BCUT2D eigenvalue weighted by molar-refractivity contribution is 5.87. The first-order chi connectivity index (χ1) is 8.26. The largest absolute Gasteiger partial charge is 0.491 e. The van der Waals surface area contributed by atoms with Gasteiger partial charge < -0.3 is 14.6 Å². The van der Waals surface area contributed by atoms with Gasteiger partial charge in [0.1, 0.15) is 12.4 Å². The molecule has 0 atom stereocenters. The van der Waals surface area contributed by atoms with Gasteiger partial charge in [-0.2, -0.15) is 0 Å². The molecule has 17 heavy (non-hydrogen) atoms. The SMILES string of the molecule is CCOC(=O)C=Cc1cccc(OCCO)c1. The van der Waals surface area contributed by atoms with Gasteiger partial charge in [0, 0.05) is 6.08 Å². The van der Waals surface area contributed by atoms with Gasteiger partial charge in [-0.15, -0.1) is 0 Å². The van der Waals surface area contributed by atoms with Crippen LogP contribution in [0.1, 0.15) is 12.5 Å². The van der Waals surface area contributed by atoms with Crippen molar-refractivity contribution >= 4 is 12.0 Å². The van der Waals surface area contributed by atoms with Crippen LogP contribution in [0, 0.1) is 0 Å². The summed E-state index contributed by atoms with van der Waals surface area (Å²) in [4.78, 5) is 11.1. The van der Waals surface area contributed by atoms with E-state index in [1.807, 2.05) is 12.1 Å². The van der Waals surface area contributed by atoms with E-state index < -0.39 is 0 Å². The monoisotopic (exact) mass is 236 g/mol. The summed E-state index contributed by atoms with van der Waals surface area (Å²) in [5.74, 6) is 0.291. The summed E-state index contributed by atoms with van der Waals surface area (Å²) >= 11 is 0. The van der Waals surface area contributed by atoms with Crippen molar-refractivity contribution < 1.29 is 19.4 Å². The Hall–Kier alpha value is -1.81. The van der Waals surface area contributed by atoms with Crippen molar-refractivity contribution in [1.29, 1.82) is 0 Å². The van der Waals surface area contributed by atoms with Crippen molar-refractivity contribution in [1.82, 2.24) is 0 Å². The minimum absolute atomic E-state index is 0.0249. The Balaban J connectivity index is 2.61. The number of carbonyl (C=O) groups excluding carboxylic acids is 1. The lowest BCUT2D eigenvalue weighted by molar-refractivity contribution is -0.137. The van der Waals surface area contributed by atoms with Crippen molar-refractivity contribution in [3.8, 4) is 5.75 Å². The highest BCUT2D eigenvalue weighted by Gasteiger charge is 1.96. The van der Waals surface area contributed by atoms with E-state index in [0.717, 1.165) is 5.56 Å². The summed E-state index contributed by atoms with van der Waals surface area (Å²) in [7, 11) is 0. The minimum atomic E-state index is -0.367. The Morgan fingerprint density at radius 2 is 2.29 bits per heavy atom. The van der Waals surface area contributed by atoms with Crippen LogP contribution in [0.5, 0.6) is 5.75 Å². The van der Waals surface area contributed by atoms with E-state index in [1.165, 1.54) is 6.08 Å². The normalized spacial score (nSPS) is 10.5. The molecule has 1 N–H and O–H groups in total. The Bertz CT molecular complexity index is 385. The number of hydrogen-bond acceptors (Lipinski definition) is 4. The highest BCUT2D eigenvalue weighted by Crippen LogP contribution is 2.14. The molecule has 0 spiro atoms. The quantitative estimate of drug-likeness (QED) is 0.602. The number of rotatable bonds is 6. The third kappa shape index (κ3) is 5.17. The second kappa shape index (κ2) is 7.46. The Morgan fingerprint density at radius 3 is 3.00 bits per heavy atom. The number of esters is 1. The molecule has 0 saturated carbocycles. The molecule has 1 rings (SSSR count). The second-order valence-corrected chi connectivity index (χ2v) is 3.23. The first-order valence-corrected chi connectivity index (χ1v) is 5.45. The van der Waals surface area contributed by atoms with Crippen molar-refractivity contribution in [2.75, 3.05) is 19.8 Å². The lowest BCUT2D eigenvalue weighted by Crippen LogP contribution is -2.01. The Morgan fingerprint density at radius 1 is 1.47 bits per heavy atom. The molecule has 0 aliphatic rings. The van der Waals surface area contributed by atoms with Crippen molar-refractivity contribution in [2.24, 2.45) is 0 Å². The fourth-order valence-electron chi connectivity index (χ4n) is 1.23. The smallest absolute Gasteiger partial charge is 0.330 e. The summed E-state index contributed by atoms with van der Waals surface area (Å²) in [6.45, 7) is 2.35. The standard InChI is InChI=1S/C13H16O4/c1-2-16-13(15)7-6-11-4-3-5-12(10-11)17-9-8-14/h3-7,10,14H,2,8-9H2,1H3. The highest BCUT2D eigenvalue weighted by atomic mass is 16.5. The summed E-state index contributed by atoms with van der Waals surface area (Å²) in [6, 6.07) is 7.24. The van der Waals surface area contributed by atoms with Crippen LogP contribution >= 0.6 is 0 Å². The van der Waals surface area contributed by atoms with Crippen LogP contribution in [-0.2, 0) is 9.53 Å². The molecule has 1 aromatic carbocycles. The predicted octanol–water partition coefficient (Wildman–Crippen LogP) is 1.63. The van der Waals surface area contributed by atoms with E-state index in [-0.39, 0.29) is 19.2 Å². The number of aliphatic hydroxyl groups is 1. The Labute approximate surface area is 100 Å². The van der Waals surface area contributed by atoms with E-state index >= 15 is 0 Å². The molecule has 0 aliphatic heterocycles. The number of benzene rings is 1. The summed E-state index contributed by atoms with van der Waals surface area (Å²) in [6.07, 6.45) is 3.03. The molecule has 0 amide bonds. The Kier molecular flexibility index (Phi) is 5.82. The van der Waals surface area contributed by atoms with Gasteiger partial charge in [-0.3, -0.25) is 0 Å². The average Bonchev–Trinajstić information content (AvgIpc) is 2.35. The van der Waals surface area contributed by atoms with Crippen LogP contribution in [-0.4, -0.2) is 30.9 Å². The molecule has 0 aliphatic carbocycles. The first-order valence-electron chi connectivity index (χ1n) is 5.45. The number of ether oxygens (including phenoxy) is 2. The first kappa shape index (κ1) is 13.3. The van der Waals surface area contributed by atoms with Crippen molar-refractivity contribution in [2.45, 2.75) is 6.92 Å². The maximum atomic E-state index is 11.1. The van der Waals surface area contributed by atoms with Gasteiger partial charge in [0.15, 0.2) is 0 Å². The molecule has 0 unspecified atom stereocenters. The fourth-order valence-corrected chi connectivity index (χ4v) is 1.23. The average molecular weight is 236 g/mol. The van der Waals surface area contributed by atoms with Crippen LogP contribution in [0.4, 0.5) is 0 Å². The van der Waals surface area contributed by atoms with Crippen LogP contribution in [0.15, 0.2) is 30.3 Å². The lowest BCUT2D eigenvalue weighted by atomic mass is 10.2. The zero-order chi connectivity index (χ0) is 12.5. The van der Waals surface area contributed by atoms with Crippen molar-refractivity contribution in [3.05, 3.63) is 35.9 Å². The molecule has 0 fully saturated rings. The molecule has 0 saturated heterocycles. The van der Waals surface area contributed by atoms with Crippen LogP contribution in [0.2, 0.25) is 0 Å². The van der Waals surface area contributed by atoms with E-state index in [9.17, 15) is 4.79 Å². The van der Waals surface area contributed by atoms with Gasteiger partial charge in [-0.1, -0.05) is 12.1 Å². The molecule has 4 heteroatoms. The van der Waals surface area contributed by atoms with E-state index in [2.05, 4.69) is 0 Å². The van der Waals surface area contributed by atoms with E-state index in [4.69, 9.17) is 14.6 Å². The van der Waals surface area contributed by atoms with Crippen LogP contribution < -0.4 is 4.74 Å². The topological polar surface area (TPSA) is 55.8 Å². The van der Waals surface area contributed by atoms with Gasteiger partial charge in [-0.25, -0.2) is 4.79 Å². The van der Waals surface area contributed by atoms with Gasteiger partial charge >= 0.3 is 5.97 Å². The molecular weight excluding hydrogens is 220 g/mol. The molecule has 0 radical (unpaired) electrons. The molecule has 92 valence electrons. The van der Waals surface area contributed by atoms with Gasteiger partial charge in [-0.05, 0) is 30.7 Å². The van der Waals surface area contributed by atoms with E-state index in [0.29, 0.717) is 12.4 Å². The van der Waals surface area contributed by atoms with Gasteiger partial charge in [0.25, 0.3) is 0 Å². The predicted molar refractivity (Wildman–Crippen MR) is 64.7 cm³/mol. The van der Waals surface area contributed by atoms with Crippen LogP contribution in [0.3, 0.4) is 0 Å². The van der Waals surface area contributed by atoms with Gasteiger partial charge in [0.05, 0.1) is 13.2 Å². The zero-order valence-corrected chi connectivity index (χ0v) is 9.76. The number of carbonyl (C=O) groups is 1. The lowest BCUT2D eigenvalue weighted by Gasteiger charge is -2.04. The maximum absolute atomic E-state index is 11.1. The molecule has 0 bridgehead atoms. The number of hydrogen-bond donors (Lipinski definition) is 1. The third-order valence-corrected chi connectivity index (χ3v) is 1.92. The second-order valence-electron chi connectivity index (χ2n) is 3.23. The minimum Gasteiger partial charge on any atom is -0.491 e. The maximum Gasteiger partial charge on any atom is 0.330 e. The van der Waals surface area contributed by atoms with Crippen LogP contribution in [0.25, 0.3) is 6.08 Å². The molecule has 1 aromatic rings. The van der Waals surface area contributed by atoms with Crippen molar-refractivity contribution in [3.63, 3.8) is 0 Å². The van der Waals surface area contributed by atoms with Gasteiger partial charge in [0.2, 0.25) is 0 Å². The van der Waals surface area contributed by atoms with E-state index in [1.54, 1.807) is 25.1 Å². The summed E-state index contributed by atoms with van der Waals surface area (Å²) in [5.41, 5.74) is 0.841. The summed E-state index contributed by atoms with van der Waals surface area (Å²) in [5, 5.41) is 8.63. The molecule has 4 nitrogen and oxygen atoms in total. The molecular formula is C13H16O4. The summed E-state index contributed by atoms with van der Waals surface area (Å²) < 4.78 is 10.0. The third-order valence-electron chi connectivity index (χ3n) is 1.92. The fraction of sp³-hybridized carbons (Fsp3) is 0.308. The molecule has 0 aromatic heterocycles. The number of aliphatic hydroxyl groups excluding tert-OH is 1. The molecule has 0 heterocycles.